The fourth-order valence-electron chi connectivity index (χ4n) is 6.76. The average molecular weight is 534 g/mol. The number of Topliss-reactive ketones (excluding diaryl/α,β-unsaturated/α-hetero) is 1. The van der Waals surface area contributed by atoms with E-state index >= 15 is 0 Å². The third-order valence-corrected chi connectivity index (χ3v) is 8.76. The van der Waals surface area contributed by atoms with E-state index in [1.54, 1.807) is 42.5 Å². The van der Waals surface area contributed by atoms with Crippen molar-refractivity contribution in [3.63, 3.8) is 0 Å². The van der Waals surface area contributed by atoms with Gasteiger partial charge in [0.25, 0.3) is 0 Å². The predicted octanol–water partition coefficient (Wildman–Crippen LogP) is 4.86. The molecule has 2 saturated carbocycles. The van der Waals surface area contributed by atoms with Gasteiger partial charge in [-0.15, -0.1) is 0 Å². The number of amides is 2. The van der Waals surface area contributed by atoms with Crippen LogP contribution in [0, 0.1) is 35.5 Å². The first kappa shape index (κ1) is 24.5. The maximum absolute atomic E-state index is 13.4. The molecule has 200 valence electrons. The first-order valence-electron chi connectivity index (χ1n) is 13.6. The Bertz CT molecular complexity index is 1510. The molecule has 3 aromatic carbocycles. The van der Waals surface area contributed by atoms with Crippen LogP contribution >= 0.6 is 0 Å². The zero-order chi connectivity index (χ0) is 27.4. The smallest absolute Gasteiger partial charge is 0.338 e. The summed E-state index contributed by atoms with van der Waals surface area (Å²) >= 11 is 0. The number of carbonyl (C=O) groups excluding carboxylic acids is 4. The quantitative estimate of drug-likeness (QED) is 0.178. The molecule has 0 aromatic heterocycles. The highest BCUT2D eigenvalue weighted by atomic mass is 16.5. The zero-order valence-corrected chi connectivity index (χ0v) is 21.6. The van der Waals surface area contributed by atoms with E-state index in [1.165, 1.54) is 11.0 Å². The van der Waals surface area contributed by atoms with Crippen LogP contribution in [0.25, 0.3) is 0 Å². The summed E-state index contributed by atoms with van der Waals surface area (Å²) in [5.41, 5.74) is 1.97. The van der Waals surface area contributed by atoms with Crippen molar-refractivity contribution in [2.24, 2.45) is 35.5 Å². The Hall–Kier alpha value is -4.52. The van der Waals surface area contributed by atoms with Gasteiger partial charge >= 0.3 is 5.97 Å². The predicted molar refractivity (Wildman–Crippen MR) is 145 cm³/mol. The molecule has 40 heavy (non-hydrogen) atoms. The second kappa shape index (κ2) is 9.59. The van der Waals surface area contributed by atoms with Crippen LogP contribution in [0.3, 0.4) is 0 Å². The number of carbonyl (C=O) groups is 4. The lowest BCUT2D eigenvalue weighted by Gasteiger charge is -2.37. The van der Waals surface area contributed by atoms with E-state index in [0.717, 1.165) is 12.0 Å². The third-order valence-electron chi connectivity index (χ3n) is 8.76. The highest BCUT2D eigenvalue weighted by Gasteiger charge is 2.67. The van der Waals surface area contributed by atoms with Gasteiger partial charge in [-0.2, -0.15) is 0 Å². The third kappa shape index (κ3) is 4.13. The first-order valence-corrected chi connectivity index (χ1v) is 13.6. The number of allylic oxidation sites excluding steroid dienone is 2. The van der Waals surface area contributed by atoms with Crippen LogP contribution in [0.5, 0.6) is 5.75 Å². The summed E-state index contributed by atoms with van der Waals surface area (Å²) in [7, 11) is 0. The molecule has 0 spiro atoms. The van der Waals surface area contributed by atoms with Gasteiger partial charge in [0.2, 0.25) is 11.8 Å². The van der Waals surface area contributed by atoms with Gasteiger partial charge in [-0.05, 0) is 78.1 Å². The maximum Gasteiger partial charge on any atom is 0.338 e. The molecule has 1 saturated heterocycles. The van der Waals surface area contributed by atoms with Crippen molar-refractivity contribution in [3.05, 3.63) is 108 Å². The molecule has 1 heterocycles. The minimum Gasteiger partial charge on any atom is -0.489 e. The summed E-state index contributed by atoms with van der Waals surface area (Å²) in [6.45, 7) is -0.0172. The summed E-state index contributed by atoms with van der Waals surface area (Å²) < 4.78 is 11.0. The van der Waals surface area contributed by atoms with Crippen molar-refractivity contribution in [3.8, 4) is 5.75 Å². The minimum absolute atomic E-state index is 0.130. The van der Waals surface area contributed by atoms with Crippen LogP contribution in [0.1, 0.15) is 32.7 Å². The minimum atomic E-state index is -0.697. The fourth-order valence-corrected chi connectivity index (χ4v) is 6.76. The van der Waals surface area contributed by atoms with Crippen LogP contribution in [0.15, 0.2) is 91.0 Å². The molecular weight excluding hydrogens is 506 g/mol. The standard InChI is InChI=1S/C33H27NO6/c35-28(20-9-11-23(12-10-20)39-17-19-5-2-1-3-6-19)18-40-33(38)21-7-4-8-22(15-21)34-31(36)29-24-13-14-25(27-16-26(24)27)30(29)32(34)37/h1-15,24-27,29-30H,16-18H2/t24-,25-,26-,27+,29+,30+/m0/s1. The van der Waals surface area contributed by atoms with Gasteiger partial charge in [0, 0.05) is 5.56 Å². The number of nitrogens with zero attached hydrogens (tertiary/aromatic N) is 1. The molecule has 6 atom stereocenters. The topological polar surface area (TPSA) is 90.0 Å². The molecule has 1 aliphatic heterocycles. The molecule has 8 rings (SSSR count). The molecule has 2 amide bonds. The second-order valence-corrected chi connectivity index (χ2v) is 11.0. The number of ether oxygens (including phenoxy) is 2. The van der Waals surface area contributed by atoms with E-state index in [0.29, 0.717) is 35.4 Å². The van der Waals surface area contributed by atoms with E-state index in [-0.39, 0.29) is 46.8 Å². The average Bonchev–Trinajstić information content (AvgIpc) is 3.78. The number of esters is 1. The Labute approximate surface area is 231 Å². The number of benzene rings is 3. The zero-order valence-electron chi connectivity index (χ0n) is 21.6. The summed E-state index contributed by atoms with van der Waals surface area (Å²) in [6, 6.07) is 22.8. The van der Waals surface area contributed by atoms with Gasteiger partial charge in [0.1, 0.15) is 12.4 Å². The highest BCUT2D eigenvalue weighted by molar-refractivity contribution is 6.23. The largest absolute Gasteiger partial charge is 0.489 e. The summed E-state index contributed by atoms with van der Waals surface area (Å²) in [5.74, 6) is -0.116. The van der Waals surface area contributed by atoms with Gasteiger partial charge < -0.3 is 9.47 Å². The van der Waals surface area contributed by atoms with Crippen molar-refractivity contribution in [1.82, 2.24) is 0 Å². The Morgan fingerprint density at radius 3 is 2.12 bits per heavy atom. The first-order chi connectivity index (χ1) is 19.5. The Kier molecular flexibility index (Phi) is 5.88. The molecular formula is C33H27NO6. The number of ketones is 1. The van der Waals surface area contributed by atoms with E-state index in [4.69, 9.17) is 9.47 Å². The van der Waals surface area contributed by atoms with Crippen LogP contribution in [0.2, 0.25) is 0 Å². The normalized spacial score (nSPS) is 27.2. The maximum atomic E-state index is 13.4. The van der Waals surface area contributed by atoms with Crippen molar-refractivity contribution >= 4 is 29.3 Å². The number of rotatable bonds is 8. The molecule has 0 N–H and O–H groups in total. The van der Waals surface area contributed by atoms with Gasteiger partial charge in [0.05, 0.1) is 23.1 Å². The van der Waals surface area contributed by atoms with E-state index in [2.05, 4.69) is 12.2 Å². The lowest BCUT2D eigenvalue weighted by Crippen LogP contribution is -2.40. The van der Waals surface area contributed by atoms with Crippen LogP contribution in [-0.2, 0) is 20.9 Å². The summed E-state index contributed by atoms with van der Waals surface area (Å²) in [5, 5.41) is 0. The van der Waals surface area contributed by atoms with Crippen LogP contribution < -0.4 is 9.64 Å². The SMILES string of the molecule is O=C(COC(=O)c1cccc(N2C(=O)[C@@H]3[C@H]4C=C[C@@H]([C@@H]5C[C@H]45)[C@H]3C2=O)c1)c1ccc(OCc2ccccc2)cc1. The van der Waals surface area contributed by atoms with Crippen molar-refractivity contribution in [2.45, 2.75) is 13.0 Å². The highest BCUT2D eigenvalue weighted by Crippen LogP contribution is 2.65. The number of hydrogen-bond acceptors (Lipinski definition) is 6. The summed E-state index contributed by atoms with van der Waals surface area (Å²) in [6.07, 6.45) is 5.36. The molecule has 2 bridgehead atoms. The number of imide groups is 1. The van der Waals surface area contributed by atoms with Crippen molar-refractivity contribution in [1.29, 1.82) is 0 Å². The Balaban J connectivity index is 0.979. The van der Waals surface area contributed by atoms with Crippen LogP contribution in [-0.4, -0.2) is 30.2 Å². The lowest BCUT2D eigenvalue weighted by molar-refractivity contribution is -0.124. The Morgan fingerprint density at radius 2 is 1.45 bits per heavy atom. The fraction of sp³-hybridized carbons (Fsp3) is 0.273. The molecule has 5 aliphatic rings. The van der Waals surface area contributed by atoms with Gasteiger partial charge in [-0.3, -0.25) is 14.4 Å². The van der Waals surface area contributed by atoms with E-state index < -0.39 is 12.6 Å². The van der Waals surface area contributed by atoms with E-state index in [1.807, 2.05) is 30.3 Å². The molecule has 7 heteroatoms. The van der Waals surface area contributed by atoms with Gasteiger partial charge in [-0.25, -0.2) is 9.69 Å². The second-order valence-electron chi connectivity index (χ2n) is 11.0. The molecule has 3 aromatic rings. The number of anilines is 1. The van der Waals surface area contributed by atoms with Crippen molar-refractivity contribution in [2.75, 3.05) is 11.5 Å². The van der Waals surface area contributed by atoms with Gasteiger partial charge in [-0.1, -0.05) is 48.6 Å². The van der Waals surface area contributed by atoms with E-state index in [9.17, 15) is 19.2 Å². The summed E-state index contributed by atoms with van der Waals surface area (Å²) in [4.78, 5) is 53.5. The Morgan fingerprint density at radius 1 is 0.775 bits per heavy atom. The van der Waals surface area contributed by atoms with Crippen molar-refractivity contribution < 1.29 is 28.7 Å². The van der Waals surface area contributed by atoms with Crippen LogP contribution in [0.4, 0.5) is 5.69 Å². The van der Waals surface area contributed by atoms with Gasteiger partial charge in [0.15, 0.2) is 12.4 Å². The lowest BCUT2D eigenvalue weighted by atomic mass is 9.63. The molecule has 3 fully saturated rings. The molecule has 0 radical (unpaired) electrons. The molecule has 0 unspecified atom stereocenters. The number of hydrogen-bond donors (Lipinski definition) is 0. The molecule has 4 aliphatic carbocycles. The monoisotopic (exact) mass is 533 g/mol. The molecule has 7 nitrogen and oxygen atoms in total.